The average Bonchev–Trinajstić information content (AvgIpc) is 3.18. The summed E-state index contributed by atoms with van der Waals surface area (Å²) in [5.74, 6) is 0.409. The van der Waals surface area contributed by atoms with Crippen LogP contribution < -0.4 is 25.0 Å². The first kappa shape index (κ1) is 20.5. The van der Waals surface area contributed by atoms with Crippen LogP contribution in [0.2, 0.25) is 0 Å². The average molecular weight is 426 g/mol. The molecule has 10 nitrogen and oxygen atoms in total. The Morgan fingerprint density at radius 3 is 2.71 bits per heavy atom. The maximum absolute atomic E-state index is 12.5. The number of rotatable bonds is 7. The van der Waals surface area contributed by atoms with Gasteiger partial charge in [0, 0.05) is 43.9 Å². The minimum Gasteiger partial charge on any atom is -0.486 e. The largest absolute Gasteiger partial charge is 0.486 e. The van der Waals surface area contributed by atoms with Gasteiger partial charge >= 0.3 is 0 Å². The number of carbonyl (C=O) groups excluding carboxylic acids is 2. The molecule has 2 aromatic carbocycles. The van der Waals surface area contributed by atoms with Crippen molar-refractivity contribution in [2.24, 2.45) is 5.92 Å². The first-order valence-electron chi connectivity index (χ1n) is 9.98. The number of fused-ring (bicyclic) bond motifs is 1. The Kier molecular flexibility index (Phi) is 5.87. The Labute approximate surface area is 178 Å². The predicted molar refractivity (Wildman–Crippen MR) is 112 cm³/mol. The Morgan fingerprint density at radius 1 is 1.13 bits per heavy atom. The van der Waals surface area contributed by atoms with Crippen LogP contribution in [-0.2, 0) is 9.59 Å². The fourth-order valence-corrected chi connectivity index (χ4v) is 3.64. The highest BCUT2D eigenvalue weighted by Gasteiger charge is 2.35. The molecule has 1 saturated heterocycles. The van der Waals surface area contributed by atoms with Crippen molar-refractivity contribution < 1.29 is 24.0 Å². The Hall–Kier alpha value is -3.82. The number of anilines is 2. The van der Waals surface area contributed by atoms with Gasteiger partial charge in [-0.2, -0.15) is 0 Å². The fraction of sp³-hybridized carbons (Fsp3) is 0.333. The van der Waals surface area contributed by atoms with Gasteiger partial charge in [0.2, 0.25) is 11.8 Å². The van der Waals surface area contributed by atoms with Crippen LogP contribution in [0.3, 0.4) is 0 Å². The van der Waals surface area contributed by atoms with Gasteiger partial charge in [0.1, 0.15) is 18.9 Å². The standard InChI is InChI=1S/C21H22N4O6/c26-20-11-14(13-24(20)15-5-6-18-19(12-15)31-10-9-30-18)21(27)23-8-7-22-16-3-1-2-4-17(16)25(28)29/h1-6,12,14,22H,7-11,13H2,(H,23,27). The second-order valence-corrected chi connectivity index (χ2v) is 7.23. The van der Waals surface area contributed by atoms with Gasteiger partial charge in [-0.3, -0.25) is 19.7 Å². The number of hydrogen-bond acceptors (Lipinski definition) is 7. The highest BCUT2D eigenvalue weighted by Crippen LogP contribution is 2.36. The predicted octanol–water partition coefficient (Wildman–Crippen LogP) is 1.95. The molecular weight excluding hydrogens is 404 g/mol. The molecular formula is C21H22N4O6. The number of hydrogen-bond donors (Lipinski definition) is 2. The zero-order chi connectivity index (χ0) is 21.8. The molecule has 2 aromatic rings. The second kappa shape index (κ2) is 8.90. The number of benzene rings is 2. The van der Waals surface area contributed by atoms with Crippen molar-refractivity contribution in [1.82, 2.24) is 5.32 Å². The van der Waals surface area contributed by atoms with Crippen LogP contribution in [0.25, 0.3) is 0 Å². The maximum atomic E-state index is 12.5. The van der Waals surface area contributed by atoms with E-state index in [9.17, 15) is 19.7 Å². The first-order valence-corrected chi connectivity index (χ1v) is 9.98. The van der Waals surface area contributed by atoms with Crippen molar-refractivity contribution >= 4 is 28.9 Å². The van der Waals surface area contributed by atoms with Crippen molar-refractivity contribution in [3.8, 4) is 11.5 Å². The van der Waals surface area contributed by atoms with Gasteiger partial charge in [-0.15, -0.1) is 0 Å². The fourth-order valence-electron chi connectivity index (χ4n) is 3.64. The molecule has 10 heteroatoms. The third-order valence-electron chi connectivity index (χ3n) is 5.17. The second-order valence-electron chi connectivity index (χ2n) is 7.23. The highest BCUT2D eigenvalue weighted by molar-refractivity contribution is 6.00. The summed E-state index contributed by atoms with van der Waals surface area (Å²) >= 11 is 0. The van der Waals surface area contributed by atoms with Crippen LogP contribution in [0.15, 0.2) is 42.5 Å². The summed E-state index contributed by atoms with van der Waals surface area (Å²) in [4.78, 5) is 37.1. The molecule has 2 aliphatic heterocycles. The number of nitro groups is 1. The Bertz CT molecular complexity index is 1010. The van der Waals surface area contributed by atoms with Crippen LogP contribution in [-0.4, -0.2) is 49.6 Å². The highest BCUT2D eigenvalue weighted by atomic mass is 16.6. The van der Waals surface area contributed by atoms with Crippen LogP contribution in [0.4, 0.5) is 17.1 Å². The topological polar surface area (TPSA) is 123 Å². The molecule has 2 aliphatic rings. The van der Waals surface area contributed by atoms with E-state index in [0.717, 1.165) is 0 Å². The van der Waals surface area contributed by atoms with Crippen LogP contribution >= 0.6 is 0 Å². The molecule has 1 unspecified atom stereocenters. The van der Waals surface area contributed by atoms with Gasteiger partial charge in [0.05, 0.1) is 10.8 Å². The summed E-state index contributed by atoms with van der Waals surface area (Å²) < 4.78 is 11.1. The minimum atomic E-state index is -0.466. The number of carbonyl (C=O) groups is 2. The lowest BCUT2D eigenvalue weighted by atomic mass is 10.1. The summed E-state index contributed by atoms with van der Waals surface area (Å²) in [6.45, 7) is 1.82. The molecule has 0 bridgehead atoms. The third kappa shape index (κ3) is 4.52. The lowest BCUT2D eigenvalue weighted by Crippen LogP contribution is -2.35. The van der Waals surface area contributed by atoms with Crippen LogP contribution in [0.5, 0.6) is 11.5 Å². The van der Waals surface area contributed by atoms with E-state index >= 15 is 0 Å². The molecule has 2 heterocycles. The first-order chi connectivity index (χ1) is 15.0. The van der Waals surface area contributed by atoms with Gasteiger partial charge in [0.15, 0.2) is 11.5 Å². The van der Waals surface area contributed by atoms with Gasteiger partial charge < -0.3 is 25.0 Å². The normalized spacial score (nSPS) is 17.4. The monoisotopic (exact) mass is 426 g/mol. The Balaban J connectivity index is 1.29. The smallest absolute Gasteiger partial charge is 0.292 e. The van der Waals surface area contributed by atoms with Crippen molar-refractivity contribution in [3.63, 3.8) is 0 Å². The van der Waals surface area contributed by atoms with E-state index in [1.807, 2.05) is 0 Å². The molecule has 162 valence electrons. The summed E-state index contributed by atoms with van der Waals surface area (Å²) in [5.41, 5.74) is 1.04. The zero-order valence-corrected chi connectivity index (χ0v) is 16.7. The van der Waals surface area contributed by atoms with Gasteiger partial charge in [-0.05, 0) is 18.2 Å². The summed E-state index contributed by atoms with van der Waals surface area (Å²) in [5, 5.41) is 16.8. The molecule has 0 spiro atoms. The van der Waals surface area contributed by atoms with Crippen molar-refractivity contribution in [3.05, 3.63) is 52.6 Å². The van der Waals surface area contributed by atoms with Crippen molar-refractivity contribution in [2.75, 3.05) is 43.1 Å². The summed E-state index contributed by atoms with van der Waals surface area (Å²) in [6.07, 6.45) is 0.123. The number of nitrogens with one attached hydrogen (secondary N) is 2. The Morgan fingerprint density at radius 2 is 1.90 bits per heavy atom. The minimum absolute atomic E-state index is 0.0229. The molecule has 0 radical (unpaired) electrons. The van der Waals surface area contributed by atoms with E-state index < -0.39 is 10.8 Å². The number of para-hydroxylation sites is 2. The molecule has 0 saturated carbocycles. The quantitative estimate of drug-likeness (QED) is 0.394. The van der Waals surface area contributed by atoms with Crippen LogP contribution in [0, 0.1) is 16.0 Å². The van der Waals surface area contributed by atoms with Gasteiger partial charge in [-0.1, -0.05) is 12.1 Å². The van der Waals surface area contributed by atoms with E-state index in [4.69, 9.17) is 9.47 Å². The SMILES string of the molecule is O=C(NCCNc1ccccc1[N+](=O)[O-])C1CC(=O)N(c2ccc3c(c2)OCCO3)C1. The van der Waals surface area contributed by atoms with Crippen LogP contribution in [0.1, 0.15) is 6.42 Å². The maximum Gasteiger partial charge on any atom is 0.292 e. The van der Waals surface area contributed by atoms with E-state index in [1.54, 1.807) is 41.3 Å². The molecule has 2 amide bonds. The van der Waals surface area contributed by atoms with E-state index in [1.165, 1.54) is 6.07 Å². The molecule has 31 heavy (non-hydrogen) atoms. The number of nitro benzene ring substituents is 1. The number of amides is 2. The molecule has 1 fully saturated rings. The van der Waals surface area contributed by atoms with E-state index in [2.05, 4.69) is 10.6 Å². The lowest BCUT2D eigenvalue weighted by Gasteiger charge is -2.22. The van der Waals surface area contributed by atoms with E-state index in [-0.39, 0.29) is 37.0 Å². The summed E-state index contributed by atoms with van der Waals surface area (Å²) in [7, 11) is 0. The third-order valence-corrected chi connectivity index (χ3v) is 5.17. The zero-order valence-electron chi connectivity index (χ0n) is 16.7. The lowest BCUT2D eigenvalue weighted by molar-refractivity contribution is -0.384. The number of ether oxygens (including phenoxy) is 2. The van der Waals surface area contributed by atoms with Gasteiger partial charge in [-0.25, -0.2) is 0 Å². The van der Waals surface area contributed by atoms with Crippen molar-refractivity contribution in [1.29, 1.82) is 0 Å². The molecule has 4 rings (SSSR count). The summed E-state index contributed by atoms with van der Waals surface area (Å²) in [6, 6.07) is 11.6. The van der Waals surface area contributed by atoms with E-state index in [0.29, 0.717) is 42.6 Å². The number of nitrogens with zero attached hydrogens (tertiary/aromatic N) is 2. The molecule has 1 atom stereocenters. The molecule has 0 aromatic heterocycles. The van der Waals surface area contributed by atoms with Gasteiger partial charge in [0.25, 0.3) is 5.69 Å². The molecule has 2 N–H and O–H groups in total. The van der Waals surface area contributed by atoms with Crippen molar-refractivity contribution in [2.45, 2.75) is 6.42 Å². The molecule has 0 aliphatic carbocycles.